The van der Waals surface area contributed by atoms with Crippen molar-refractivity contribution in [3.8, 4) is 5.75 Å². The number of ether oxygens (including phenoxy) is 1. The number of hydrazine groups is 1. The van der Waals surface area contributed by atoms with E-state index in [0.717, 1.165) is 17.2 Å². The number of benzene rings is 2. The van der Waals surface area contributed by atoms with Gasteiger partial charge in [-0.3, -0.25) is 20.4 Å². The van der Waals surface area contributed by atoms with Crippen LogP contribution in [-0.2, 0) is 11.4 Å². The van der Waals surface area contributed by atoms with E-state index in [9.17, 15) is 9.59 Å². The number of carbonyl (C=O) groups excluding carboxylic acids is 2. The molecule has 2 saturated carbocycles. The van der Waals surface area contributed by atoms with Gasteiger partial charge in [0.15, 0.2) is 0 Å². The highest BCUT2D eigenvalue weighted by Gasteiger charge is 2.40. The highest BCUT2D eigenvalue weighted by molar-refractivity contribution is 5.95. The first-order valence-electron chi connectivity index (χ1n) is 10.0. The van der Waals surface area contributed by atoms with Crippen LogP contribution in [0.15, 0.2) is 54.6 Å². The van der Waals surface area contributed by atoms with Gasteiger partial charge >= 0.3 is 0 Å². The Bertz CT molecular complexity index is 820. The van der Waals surface area contributed by atoms with Crippen LogP contribution in [-0.4, -0.2) is 11.8 Å². The summed E-state index contributed by atoms with van der Waals surface area (Å²) in [5.74, 6) is 2.41. The van der Waals surface area contributed by atoms with E-state index in [2.05, 4.69) is 10.9 Å². The number of fused-ring (bicyclic) bond motifs is 2. The SMILES string of the molecule is O=C(C[C@H]1C[C@H]2CC[C@@H]1C2)NNC(=O)c1ccc(COc2ccccc2)cc1. The largest absolute Gasteiger partial charge is 0.489 e. The van der Waals surface area contributed by atoms with Crippen molar-refractivity contribution in [1.29, 1.82) is 0 Å². The van der Waals surface area contributed by atoms with Gasteiger partial charge in [-0.05, 0) is 66.8 Å². The minimum absolute atomic E-state index is 0.0984. The van der Waals surface area contributed by atoms with Crippen LogP contribution in [0.1, 0.15) is 48.0 Å². The maximum atomic E-state index is 12.2. The van der Waals surface area contributed by atoms with Crippen LogP contribution in [0.25, 0.3) is 0 Å². The molecule has 2 fully saturated rings. The zero-order chi connectivity index (χ0) is 19.3. The molecule has 2 aromatic rings. The van der Waals surface area contributed by atoms with Crippen LogP contribution < -0.4 is 15.6 Å². The van der Waals surface area contributed by atoms with Crippen molar-refractivity contribution >= 4 is 11.8 Å². The molecule has 3 atom stereocenters. The summed E-state index contributed by atoms with van der Waals surface area (Å²) in [6.45, 7) is 0.437. The van der Waals surface area contributed by atoms with Gasteiger partial charge in [-0.2, -0.15) is 0 Å². The number of carbonyl (C=O) groups is 2. The predicted octanol–water partition coefficient (Wildman–Crippen LogP) is 3.85. The first kappa shape index (κ1) is 18.5. The van der Waals surface area contributed by atoms with Crippen molar-refractivity contribution < 1.29 is 14.3 Å². The van der Waals surface area contributed by atoms with Crippen molar-refractivity contribution in [3.63, 3.8) is 0 Å². The van der Waals surface area contributed by atoms with E-state index in [4.69, 9.17) is 4.74 Å². The predicted molar refractivity (Wildman–Crippen MR) is 106 cm³/mol. The Morgan fingerprint density at radius 1 is 0.929 bits per heavy atom. The number of amides is 2. The molecule has 0 aliphatic heterocycles. The van der Waals surface area contributed by atoms with Gasteiger partial charge in [0.2, 0.25) is 5.91 Å². The maximum absolute atomic E-state index is 12.2. The Kier molecular flexibility index (Phi) is 5.60. The smallest absolute Gasteiger partial charge is 0.269 e. The van der Waals surface area contributed by atoms with Crippen molar-refractivity contribution in [2.45, 2.75) is 38.7 Å². The fraction of sp³-hybridized carbons (Fsp3) is 0.391. The molecule has 5 nitrogen and oxygen atoms in total. The summed E-state index contributed by atoms with van der Waals surface area (Å²) < 4.78 is 5.70. The summed E-state index contributed by atoms with van der Waals surface area (Å²) in [6.07, 6.45) is 5.54. The molecule has 2 aliphatic rings. The van der Waals surface area contributed by atoms with Crippen molar-refractivity contribution in [2.24, 2.45) is 17.8 Å². The zero-order valence-electron chi connectivity index (χ0n) is 15.9. The summed E-state index contributed by atoms with van der Waals surface area (Å²) in [7, 11) is 0. The molecule has 0 unspecified atom stereocenters. The molecule has 0 spiro atoms. The van der Waals surface area contributed by atoms with E-state index in [1.807, 2.05) is 42.5 Å². The number of para-hydroxylation sites is 1. The lowest BCUT2D eigenvalue weighted by Gasteiger charge is -2.20. The Balaban J connectivity index is 1.21. The summed E-state index contributed by atoms with van der Waals surface area (Å²) in [5, 5.41) is 0. The van der Waals surface area contributed by atoms with Gasteiger partial charge < -0.3 is 4.74 Å². The lowest BCUT2D eigenvalue weighted by molar-refractivity contribution is -0.123. The van der Waals surface area contributed by atoms with Gasteiger partial charge in [0, 0.05) is 12.0 Å². The molecule has 2 amide bonds. The molecule has 0 heterocycles. The molecule has 0 radical (unpaired) electrons. The van der Waals surface area contributed by atoms with E-state index < -0.39 is 0 Å². The van der Waals surface area contributed by atoms with Crippen LogP contribution in [0, 0.1) is 17.8 Å². The van der Waals surface area contributed by atoms with Gasteiger partial charge in [-0.15, -0.1) is 0 Å². The molecule has 146 valence electrons. The highest BCUT2D eigenvalue weighted by atomic mass is 16.5. The van der Waals surface area contributed by atoms with E-state index in [1.54, 1.807) is 12.1 Å². The summed E-state index contributed by atoms with van der Waals surface area (Å²) >= 11 is 0. The van der Waals surface area contributed by atoms with Gasteiger partial charge in [0.25, 0.3) is 5.91 Å². The normalized spacial score (nSPS) is 22.6. The van der Waals surface area contributed by atoms with Crippen LogP contribution in [0.4, 0.5) is 0 Å². The Morgan fingerprint density at radius 3 is 2.39 bits per heavy atom. The number of hydrogen-bond acceptors (Lipinski definition) is 3. The van der Waals surface area contributed by atoms with E-state index in [0.29, 0.717) is 30.4 Å². The molecule has 5 heteroatoms. The molecule has 28 heavy (non-hydrogen) atoms. The fourth-order valence-electron chi connectivity index (χ4n) is 4.55. The zero-order valence-corrected chi connectivity index (χ0v) is 15.9. The molecular weight excluding hydrogens is 352 g/mol. The van der Waals surface area contributed by atoms with Crippen LogP contribution in [0.3, 0.4) is 0 Å². The first-order chi connectivity index (χ1) is 13.7. The molecule has 2 aromatic carbocycles. The number of rotatable bonds is 6. The molecule has 2 N–H and O–H groups in total. The lowest BCUT2D eigenvalue weighted by atomic mass is 9.86. The first-order valence-corrected chi connectivity index (χ1v) is 10.0. The fourth-order valence-corrected chi connectivity index (χ4v) is 4.55. The molecule has 2 bridgehead atoms. The summed E-state index contributed by atoms with van der Waals surface area (Å²) in [5.41, 5.74) is 6.57. The molecular formula is C23H26N2O3. The van der Waals surface area contributed by atoms with Crippen molar-refractivity contribution in [3.05, 3.63) is 65.7 Å². The van der Waals surface area contributed by atoms with Crippen LogP contribution in [0.2, 0.25) is 0 Å². The third kappa shape index (κ3) is 4.53. The van der Waals surface area contributed by atoms with E-state index in [-0.39, 0.29) is 11.8 Å². The average Bonchev–Trinajstić information content (AvgIpc) is 3.35. The lowest BCUT2D eigenvalue weighted by Crippen LogP contribution is -2.42. The molecule has 0 aromatic heterocycles. The number of hydrogen-bond donors (Lipinski definition) is 2. The topological polar surface area (TPSA) is 67.4 Å². The van der Waals surface area contributed by atoms with Crippen LogP contribution in [0.5, 0.6) is 5.75 Å². The molecule has 4 rings (SSSR count). The molecule has 2 aliphatic carbocycles. The van der Waals surface area contributed by atoms with E-state index >= 15 is 0 Å². The highest BCUT2D eigenvalue weighted by Crippen LogP contribution is 2.49. The second-order valence-corrected chi connectivity index (χ2v) is 7.94. The Labute approximate surface area is 165 Å². The van der Waals surface area contributed by atoms with Crippen LogP contribution >= 0.6 is 0 Å². The maximum Gasteiger partial charge on any atom is 0.269 e. The second kappa shape index (κ2) is 8.46. The Hall–Kier alpha value is -2.82. The Morgan fingerprint density at radius 2 is 1.71 bits per heavy atom. The van der Waals surface area contributed by atoms with Gasteiger partial charge in [-0.25, -0.2) is 0 Å². The van der Waals surface area contributed by atoms with Crippen molar-refractivity contribution in [1.82, 2.24) is 10.9 Å². The quantitative estimate of drug-likeness (QED) is 0.750. The number of nitrogens with one attached hydrogen (secondary N) is 2. The minimum Gasteiger partial charge on any atom is -0.489 e. The van der Waals surface area contributed by atoms with Gasteiger partial charge in [0.05, 0.1) is 0 Å². The third-order valence-corrected chi connectivity index (χ3v) is 6.01. The monoisotopic (exact) mass is 378 g/mol. The van der Waals surface area contributed by atoms with Gasteiger partial charge in [-0.1, -0.05) is 36.8 Å². The molecule has 0 saturated heterocycles. The second-order valence-electron chi connectivity index (χ2n) is 7.94. The summed E-state index contributed by atoms with van der Waals surface area (Å²) in [6, 6.07) is 16.8. The van der Waals surface area contributed by atoms with E-state index in [1.165, 1.54) is 25.7 Å². The third-order valence-electron chi connectivity index (χ3n) is 6.01. The summed E-state index contributed by atoms with van der Waals surface area (Å²) in [4.78, 5) is 24.4. The van der Waals surface area contributed by atoms with Gasteiger partial charge in [0.1, 0.15) is 12.4 Å². The standard InChI is InChI=1S/C23H26N2O3/c26-22(14-20-13-17-8-11-19(20)12-17)24-25-23(27)18-9-6-16(7-10-18)15-28-21-4-2-1-3-5-21/h1-7,9-10,17,19-20H,8,11-15H2,(H,24,26)(H,25,27)/t17-,19+,20+/m0/s1. The van der Waals surface area contributed by atoms with Crippen molar-refractivity contribution in [2.75, 3.05) is 0 Å². The average molecular weight is 378 g/mol. The minimum atomic E-state index is -0.308.